The van der Waals surface area contributed by atoms with Crippen molar-refractivity contribution in [1.82, 2.24) is 4.90 Å². The number of nitrogens with one attached hydrogen (secondary N) is 1. The van der Waals surface area contributed by atoms with Crippen LogP contribution in [0.4, 0.5) is 16.2 Å². The molecule has 100 valence electrons. The Kier molecular flexibility index (Phi) is 3.75. The second kappa shape index (κ2) is 5.48. The summed E-state index contributed by atoms with van der Waals surface area (Å²) in [4.78, 5) is 13.5. The van der Waals surface area contributed by atoms with E-state index in [4.69, 9.17) is 10.2 Å². The van der Waals surface area contributed by atoms with Gasteiger partial charge < -0.3 is 20.4 Å². The highest BCUT2D eigenvalue weighted by Gasteiger charge is 2.11. The molecule has 19 heavy (non-hydrogen) atoms. The molecule has 1 heterocycles. The zero-order chi connectivity index (χ0) is 13.8. The highest BCUT2D eigenvalue weighted by Crippen LogP contribution is 2.13. The van der Waals surface area contributed by atoms with Crippen LogP contribution in [-0.2, 0) is 6.54 Å². The minimum atomic E-state index is -0.209. The van der Waals surface area contributed by atoms with E-state index in [1.54, 1.807) is 36.2 Å². The first kappa shape index (κ1) is 13.0. The van der Waals surface area contributed by atoms with E-state index in [0.29, 0.717) is 17.9 Å². The van der Waals surface area contributed by atoms with Crippen LogP contribution in [0.2, 0.25) is 0 Å². The number of carbonyl (C=O) groups is 1. The molecule has 2 rings (SSSR count). The maximum Gasteiger partial charge on any atom is 0.321 e. The molecule has 0 unspecified atom stereocenters. The second-order valence-electron chi connectivity index (χ2n) is 4.42. The Bertz CT molecular complexity index is 578. The highest BCUT2D eigenvalue weighted by molar-refractivity contribution is 5.89. The SMILES string of the molecule is Cc1ccc(CN(C)C(=O)Nc2cccc(N)c2)o1. The summed E-state index contributed by atoms with van der Waals surface area (Å²) in [7, 11) is 1.71. The van der Waals surface area contributed by atoms with Gasteiger partial charge in [0.15, 0.2) is 0 Å². The molecule has 0 spiro atoms. The average Bonchev–Trinajstić information content (AvgIpc) is 2.74. The number of nitrogen functional groups attached to an aromatic ring is 1. The van der Waals surface area contributed by atoms with Crippen LogP contribution < -0.4 is 11.1 Å². The third-order valence-electron chi connectivity index (χ3n) is 2.67. The largest absolute Gasteiger partial charge is 0.464 e. The Labute approximate surface area is 112 Å². The van der Waals surface area contributed by atoms with Gasteiger partial charge in [0.25, 0.3) is 0 Å². The van der Waals surface area contributed by atoms with Crippen molar-refractivity contribution < 1.29 is 9.21 Å². The molecular formula is C14H17N3O2. The van der Waals surface area contributed by atoms with Crippen LogP contribution in [0.5, 0.6) is 0 Å². The van der Waals surface area contributed by atoms with Gasteiger partial charge in [0.1, 0.15) is 11.5 Å². The normalized spacial score (nSPS) is 10.2. The van der Waals surface area contributed by atoms with E-state index in [-0.39, 0.29) is 6.03 Å². The smallest absolute Gasteiger partial charge is 0.321 e. The van der Waals surface area contributed by atoms with Gasteiger partial charge in [-0.3, -0.25) is 0 Å². The van der Waals surface area contributed by atoms with E-state index >= 15 is 0 Å². The lowest BCUT2D eigenvalue weighted by atomic mass is 10.3. The molecule has 0 aliphatic rings. The van der Waals surface area contributed by atoms with Crippen molar-refractivity contribution in [2.24, 2.45) is 0 Å². The van der Waals surface area contributed by atoms with Gasteiger partial charge in [0.05, 0.1) is 6.54 Å². The Morgan fingerprint density at radius 2 is 2.16 bits per heavy atom. The molecular weight excluding hydrogens is 242 g/mol. The summed E-state index contributed by atoms with van der Waals surface area (Å²) in [5.41, 5.74) is 6.94. The molecule has 0 radical (unpaired) electrons. The van der Waals surface area contributed by atoms with E-state index in [0.717, 1.165) is 11.5 Å². The fourth-order valence-electron chi connectivity index (χ4n) is 1.71. The first-order valence-corrected chi connectivity index (χ1v) is 5.97. The Balaban J connectivity index is 1.96. The predicted molar refractivity (Wildman–Crippen MR) is 74.8 cm³/mol. The van der Waals surface area contributed by atoms with Crippen LogP contribution in [0, 0.1) is 6.92 Å². The molecule has 0 aliphatic heterocycles. The number of nitrogens with two attached hydrogens (primary N) is 1. The van der Waals surface area contributed by atoms with Crippen molar-refractivity contribution in [1.29, 1.82) is 0 Å². The molecule has 1 aromatic heterocycles. The van der Waals surface area contributed by atoms with E-state index in [1.807, 2.05) is 19.1 Å². The molecule has 0 atom stereocenters. The maximum absolute atomic E-state index is 12.0. The van der Waals surface area contributed by atoms with E-state index in [9.17, 15) is 4.79 Å². The van der Waals surface area contributed by atoms with Crippen molar-refractivity contribution in [3.05, 3.63) is 47.9 Å². The number of hydrogen-bond donors (Lipinski definition) is 2. The van der Waals surface area contributed by atoms with Crippen LogP contribution in [-0.4, -0.2) is 18.0 Å². The predicted octanol–water partition coefficient (Wildman–Crippen LogP) is 2.83. The number of aryl methyl sites for hydroxylation is 1. The Morgan fingerprint density at radius 1 is 1.37 bits per heavy atom. The van der Waals surface area contributed by atoms with Gasteiger partial charge in [-0.25, -0.2) is 4.79 Å². The molecule has 0 saturated heterocycles. The summed E-state index contributed by atoms with van der Waals surface area (Å²) in [6, 6.07) is 10.6. The number of amides is 2. The molecule has 5 heteroatoms. The first-order chi connectivity index (χ1) is 9.04. The average molecular weight is 259 g/mol. The number of furan rings is 1. The van der Waals surface area contributed by atoms with E-state index < -0.39 is 0 Å². The van der Waals surface area contributed by atoms with Crippen LogP contribution in [0.25, 0.3) is 0 Å². The second-order valence-corrected chi connectivity index (χ2v) is 4.42. The van der Waals surface area contributed by atoms with E-state index in [2.05, 4.69) is 5.32 Å². The van der Waals surface area contributed by atoms with Crippen molar-refractivity contribution in [3.63, 3.8) is 0 Å². The lowest BCUT2D eigenvalue weighted by molar-refractivity contribution is 0.216. The summed E-state index contributed by atoms with van der Waals surface area (Å²) in [5, 5.41) is 2.77. The molecule has 0 bridgehead atoms. The van der Waals surface area contributed by atoms with Gasteiger partial charge >= 0.3 is 6.03 Å². The standard InChI is InChI=1S/C14H17N3O2/c1-10-6-7-13(19-10)9-17(2)14(18)16-12-5-3-4-11(15)8-12/h3-8H,9,15H2,1-2H3,(H,16,18). The molecule has 0 saturated carbocycles. The lowest BCUT2D eigenvalue weighted by Gasteiger charge is -2.16. The highest BCUT2D eigenvalue weighted by atomic mass is 16.3. The Morgan fingerprint density at radius 3 is 2.79 bits per heavy atom. The maximum atomic E-state index is 12.0. The minimum Gasteiger partial charge on any atom is -0.464 e. The third kappa shape index (κ3) is 3.51. The quantitative estimate of drug-likeness (QED) is 0.832. The first-order valence-electron chi connectivity index (χ1n) is 5.97. The summed E-state index contributed by atoms with van der Waals surface area (Å²) in [6.07, 6.45) is 0. The third-order valence-corrected chi connectivity index (χ3v) is 2.67. The summed E-state index contributed by atoms with van der Waals surface area (Å²) < 4.78 is 5.43. The van der Waals surface area contributed by atoms with Crippen LogP contribution in [0.15, 0.2) is 40.8 Å². The van der Waals surface area contributed by atoms with Gasteiger partial charge in [0, 0.05) is 18.4 Å². The van der Waals surface area contributed by atoms with Crippen molar-refractivity contribution in [2.75, 3.05) is 18.1 Å². The number of carbonyl (C=O) groups excluding carboxylic acids is 1. The molecule has 2 aromatic rings. The van der Waals surface area contributed by atoms with Crippen molar-refractivity contribution in [3.8, 4) is 0 Å². The Hall–Kier alpha value is -2.43. The summed E-state index contributed by atoms with van der Waals surface area (Å²) >= 11 is 0. The number of benzene rings is 1. The fourth-order valence-corrected chi connectivity index (χ4v) is 1.71. The topological polar surface area (TPSA) is 71.5 Å². The van der Waals surface area contributed by atoms with Gasteiger partial charge in [-0.05, 0) is 37.3 Å². The number of anilines is 2. The van der Waals surface area contributed by atoms with Crippen LogP contribution in [0.1, 0.15) is 11.5 Å². The summed E-state index contributed by atoms with van der Waals surface area (Å²) in [6.45, 7) is 2.29. The fraction of sp³-hybridized carbons (Fsp3) is 0.214. The molecule has 3 N–H and O–H groups in total. The summed E-state index contributed by atoms with van der Waals surface area (Å²) in [5.74, 6) is 1.59. The molecule has 1 aromatic carbocycles. The van der Waals surface area contributed by atoms with Gasteiger partial charge in [0.2, 0.25) is 0 Å². The molecule has 2 amide bonds. The molecule has 0 fully saturated rings. The minimum absolute atomic E-state index is 0.209. The van der Waals surface area contributed by atoms with Gasteiger partial charge in [-0.2, -0.15) is 0 Å². The molecule has 5 nitrogen and oxygen atoms in total. The van der Waals surface area contributed by atoms with Gasteiger partial charge in [-0.1, -0.05) is 6.07 Å². The number of nitrogens with zero attached hydrogens (tertiary/aromatic N) is 1. The van der Waals surface area contributed by atoms with E-state index in [1.165, 1.54) is 0 Å². The number of rotatable bonds is 3. The van der Waals surface area contributed by atoms with Crippen molar-refractivity contribution >= 4 is 17.4 Å². The van der Waals surface area contributed by atoms with Crippen LogP contribution in [0.3, 0.4) is 0 Å². The molecule has 0 aliphatic carbocycles. The van der Waals surface area contributed by atoms with Gasteiger partial charge in [-0.15, -0.1) is 0 Å². The lowest BCUT2D eigenvalue weighted by Crippen LogP contribution is -2.30. The number of urea groups is 1. The zero-order valence-electron chi connectivity index (χ0n) is 11.0. The number of hydrogen-bond acceptors (Lipinski definition) is 3. The van der Waals surface area contributed by atoms with Crippen molar-refractivity contribution in [2.45, 2.75) is 13.5 Å². The zero-order valence-corrected chi connectivity index (χ0v) is 11.0. The monoisotopic (exact) mass is 259 g/mol. The van der Waals surface area contributed by atoms with Crippen LogP contribution >= 0.6 is 0 Å².